The molecule has 20 heavy (non-hydrogen) atoms. The molecule has 6 nitrogen and oxygen atoms in total. The van der Waals surface area contributed by atoms with E-state index >= 15 is 0 Å². The first kappa shape index (κ1) is 17.2. The van der Waals surface area contributed by atoms with Crippen LogP contribution in [0.25, 0.3) is 0 Å². The van der Waals surface area contributed by atoms with Crippen molar-refractivity contribution in [3.8, 4) is 0 Å². The van der Waals surface area contributed by atoms with Crippen molar-refractivity contribution in [2.24, 2.45) is 4.99 Å². The second-order valence-electron chi connectivity index (χ2n) is 5.95. The molecule has 0 radical (unpaired) electrons. The molecule has 1 fully saturated rings. The molecule has 0 saturated carbocycles. The highest BCUT2D eigenvalue weighted by Gasteiger charge is 2.28. The Labute approximate surface area is 122 Å². The van der Waals surface area contributed by atoms with Gasteiger partial charge in [0.05, 0.1) is 16.6 Å². The van der Waals surface area contributed by atoms with Crippen LogP contribution < -0.4 is 10.6 Å². The third-order valence-electron chi connectivity index (χ3n) is 3.34. The molecule has 0 aromatic carbocycles. The van der Waals surface area contributed by atoms with E-state index in [9.17, 15) is 8.42 Å². The lowest BCUT2D eigenvalue weighted by Gasteiger charge is -2.20. The summed E-state index contributed by atoms with van der Waals surface area (Å²) in [7, 11) is -1.43. The molecule has 0 aliphatic carbocycles. The lowest BCUT2D eigenvalue weighted by molar-refractivity contribution is 0.114. The van der Waals surface area contributed by atoms with Crippen LogP contribution in [-0.4, -0.2) is 57.7 Å². The highest BCUT2D eigenvalue weighted by molar-refractivity contribution is 7.92. The second-order valence-corrected chi connectivity index (χ2v) is 8.81. The minimum Gasteiger partial charge on any atom is -0.376 e. The van der Waals surface area contributed by atoms with Crippen LogP contribution in [0.3, 0.4) is 0 Å². The molecule has 0 bridgehead atoms. The first-order valence-electron chi connectivity index (χ1n) is 7.04. The summed E-state index contributed by atoms with van der Waals surface area (Å²) in [4.78, 5) is 4.07. The minimum atomic E-state index is -3.10. The molecule has 1 heterocycles. The SMILES string of the molecule is CN=C(NCCS(=O)(=O)C(C)(C)C)NCC1CCCO1. The van der Waals surface area contributed by atoms with Gasteiger partial charge in [0.25, 0.3) is 0 Å². The van der Waals surface area contributed by atoms with Gasteiger partial charge < -0.3 is 15.4 Å². The van der Waals surface area contributed by atoms with E-state index in [0.29, 0.717) is 19.0 Å². The third-order valence-corrected chi connectivity index (χ3v) is 5.95. The van der Waals surface area contributed by atoms with Crippen LogP contribution in [0, 0.1) is 0 Å². The van der Waals surface area contributed by atoms with Crippen LogP contribution in [0.5, 0.6) is 0 Å². The maximum Gasteiger partial charge on any atom is 0.191 e. The maximum absolute atomic E-state index is 12.0. The van der Waals surface area contributed by atoms with Crippen molar-refractivity contribution in [3.63, 3.8) is 0 Å². The normalized spacial score (nSPS) is 21.0. The molecule has 1 atom stereocenters. The number of guanidine groups is 1. The van der Waals surface area contributed by atoms with E-state index in [1.165, 1.54) is 0 Å². The second kappa shape index (κ2) is 7.26. The molecule has 1 saturated heterocycles. The number of nitrogens with one attached hydrogen (secondary N) is 2. The largest absolute Gasteiger partial charge is 0.376 e. The smallest absolute Gasteiger partial charge is 0.191 e. The van der Waals surface area contributed by atoms with Gasteiger partial charge in [-0.15, -0.1) is 0 Å². The fourth-order valence-electron chi connectivity index (χ4n) is 1.85. The molecule has 7 heteroatoms. The fraction of sp³-hybridized carbons (Fsp3) is 0.923. The van der Waals surface area contributed by atoms with Crippen molar-refractivity contribution in [2.45, 2.75) is 44.5 Å². The van der Waals surface area contributed by atoms with Gasteiger partial charge in [-0.1, -0.05) is 0 Å². The van der Waals surface area contributed by atoms with Crippen molar-refractivity contribution >= 4 is 15.8 Å². The van der Waals surface area contributed by atoms with Gasteiger partial charge in [-0.3, -0.25) is 4.99 Å². The predicted molar refractivity (Wildman–Crippen MR) is 81.9 cm³/mol. The van der Waals surface area contributed by atoms with Crippen LogP contribution in [0.4, 0.5) is 0 Å². The number of nitrogens with zero attached hydrogens (tertiary/aromatic N) is 1. The van der Waals surface area contributed by atoms with E-state index in [1.807, 2.05) is 0 Å². The Morgan fingerprint density at radius 3 is 2.55 bits per heavy atom. The molecular weight excluding hydrogens is 278 g/mol. The molecule has 1 aliphatic heterocycles. The summed E-state index contributed by atoms with van der Waals surface area (Å²) in [6.45, 7) is 7.02. The fourth-order valence-corrected chi connectivity index (χ4v) is 2.83. The van der Waals surface area contributed by atoms with E-state index < -0.39 is 14.6 Å². The van der Waals surface area contributed by atoms with Crippen LogP contribution in [0.15, 0.2) is 4.99 Å². The average Bonchev–Trinajstić information content (AvgIpc) is 2.85. The zero-order chi connectivity index (χ0) is 15.2. The number of rotatable bonds is 5. The lowest BCUT2D eigenvalue weighted by atomic mass is 10.2. The minimum absolute atomic E-state index is 0.0944. The van der Waals surface area contributed by atoms with Crippen molar-refractivity contribution in [1.82, 2.24) is 10.6 Å². The number of hydrogen-bond donors (Lipinski definition) is 2. The van der Waals surface area contributed by atoms with Crippen LogP contribution in [0.1, 0.15) is 33.6 Å². The van der Waals surface area contributed by atoms with Crippen LogP contribution >= 0.6 is 0 Å². The van der Waals surface area contributed by atoms with E-state index in [1.54, 1.807) is 27.8 Å². The van der Waals surface area contributed by atoms with Gasteiger partial charge in [-0.05, 0) is 33.6 Å². The molecule has 2 N–H and O–H groups in total. The van der Waals surface area contributed by atoms with Gasteiger partial charge in [-0.25, -0.2) is 8.42 Å². The van der Waals surface area contributed by atoms with E-state index in [2.05, 4.69) is 15.6 Å². The lowest BCUT2D eigenvalue weighted by Crippen LogP contribution is -2.43. The quantitative estimate of drug-likeness (QED) is 0.572. The van der Waals surface area contributed by atoms with Crippen molar-refractivity contribution in [3.05, 3.63) is 0 Å². The van der Waals surface area contributed by atoms with Gasteiger partial charge in [-0.2, -0.15) is 0 Å². The third kappa shape index (κ3) is 5.28. The van der Waals surface area contributed by atoms with Crippen molar-refractivity contribution < 1.29 is 13.2 Å². The maximum atomic E-state index is 12.0. The zero-order valence-electron chi connectivity index (χ0n) is 12.9. The topological polar surface area (TPSA) is 79.8 Å². The molecule has 0 amide bonds. The molecule has 0 spiro atoms. The molecule has 0 aromatic rings. The first-order valence-corrected chi connectivity index (χ1v) is 8.70. The standard InChI is InChI=1S/C13H27N3O3S/c1-13(2,3)20(17,18)9-7-15-12(14-4)16-10-11-6-5-8-19-11/h11H,5-10H2,1-4H3,(H2,14,15,16). The summed E-state index contributed by atoms with van der Waals surface area (Å²) < 4.78 is 28.7. The average molecular weight is 305 g/mol. The summed E-state index contributed by atoms with van der Waals surface area (Å²) in [5, 5.41) is 6.18. The van der Waals surface area contributed by atoms with Crippen LogP contribution in [0.2, 0.25) is 0 Å². The summed E-state index contributed by atoms with van der Waals surface area (Å²) in [5.74, 6) is 0.710. The van der Waals surface area contributed by atoms with E-state index in [-0.39, 0.29) is 11.9 Å². The number of sulfone groups is 1. The number of aliphatic imine (C=N–C) groups is 1. The first-order chi connectivity index (χ1) is 9.26. The Balaban J connectivity index is 2.31. The van der Waals surface area contributed by atoms with Gasteiger partial charge in [0, 0.05) is 26.7 Å². The molecule has 0 aromatic heterocycles. The van der Waals surface area contributed by atoms with Gasteiger partial charge in [0.1, 0.15) is 0 Å². The Morgan fingerprint density at radius 1 is 1.35 bits per heavy atom. The van der Waals surface area contributed by atoms with Gasteiger partial charge in [0.15, 0.2) is 15.8 Å². The Bertz CT molecular complexity index is 421. The summed E-state index contributed by atoms with van der Waals surface area (Å²) in [5.41, 5.74) is 0. The van der Waals surface area contributed by atoms with Gasteiger partial charge in [0.2, 0.25) is 0 Å². The molecule has 1 rings (SSSR count). The van der Waals surface area contributed by atoms with Crippen molar-refractivity contribution in [1.29, 1.82) is 0 Å². The summed E-state index contributed by atoms with van der Waals surface area (Å²) in [6, 6.07) is 0. The summed E-state index contributed by atoms with van der Waals surface area (Å²) in [6.07, 6.45) is 2.39. The predicted octanol–water partition coefficient (Wildman–Crippen LogP) is 0.544. The van der Waals surface area contributed by atoms with Crippen molar-refractivity contribution in [2.75, 3.05) is 32.5 Å². The highest BCUT2D eigenvalue weighted by atomic mass is 32.2. The van der Waals surface area contributed by atoms with E-state index in [4.69, 9.17) is 4.74 Å². The Kier molecular flexibility index (Phi) is 6.26. The molecule has 1 unspecified atom stereocenters. The van der Waals surface area contributed by atoms with E-state index in [0.717, 1.165) is 19.4 Å². The monoisotopic (exact) mass is 305 g/mol. The molecular formula is C13H27N3O3S. The molecule has 118 valence electrons. The Morgan fingerprint density at radius 2 is 2.05 bits per heavy atom. The number of hydrogen-bond acceptors (Lipinski definition) is 4. The highest BCUT2D eigenvalue weighted by Crippen LogP contribution is 2.15. The summed E-state index contributed by atoms with van der Waals surface area (Å²) >= 11 is 0. The Hall–Kier alpha value is -0.820. The van der Waals surface area contributed by atoms with Gasteiger partial charge >= 0.3 is 0 Å². The number of ether oxygens (including phenoxy) is 1. The van der Waals surface area contributed by atoms with Crippen LogP contribution in [-0.2, 0) is 14.6 Å². The molecule has 1 aliphatic rings. The zero-order valence-corrected chi connectivity index (χ0v) is 13.7.